The number of hydrazone groups is 1. The van der Waals surface area contributed by atoms with Crippen LogP contribution in [0.25, 0.3) is 5.69 Å². The minimum Gasteiger partial charge on any atom is -0.318 e. The van der Waals surface area contributed by atoms with Crippen LogP contribution in [0.1, 0.15) is 36.4 Å². The minimum atomic E-state index is -0.170. The van der Waals surface area contributed by atoms with Gasteiger partial charge >= 0.3 is 0 Å². The Morgan fingerprint density at radius 2 is 2.05 bits per heavy atom. The lowest BCUT2D eigenvalue weighted by Gasteiger charge is -2.13. The van der Waals surface area contributed by atoms with Gasteiger partial charge in [0, 0.05) is 29.6 Å². The van der Waals surface area contributed by atoms with E-state index in [2.05, 4.69) is 66.2 Å². The Hall–Kier alpha value is -2.36. The predicted octanol–water partition coefficient (Wildman–Crippen LogP) is 3.13. The van der Waals surface area contributed by atoms with Gasteiger partial charge in [-0.15, -0.1) is 0 Å². The summed E-state index contributed by atoms with van der Waals surface area (Å²) >= 11 is 0. The molecule has 110 valence electrons. The van der Waals surface area contributed by atoms with Gasteiger partial charge < -0.3 is 4.57 Å². The van der Waals surface area contributed by atoms with Gasteiger partial charge in [-0.2, -0.15) is 5.10 Å². The van der Waals surface area contributed by atoms with Crippen LogP contribution in [0.2, 0.25) is 0 Å². The molecule has 1 heterocycles. The zero-order chi connectivity index (χ0) is 15.4. The highest BCUT2D eigenvalue weighted by molar-refractivity contribution is 5.83. The van der Waals surface area contributed by atoms with Crippen LogP contribution in [0.4, 0.5) is 0 Å². The van der Waals surface area contributed by atoms with Crippen molar-refractivity contribution in [2.45, 2.75) is 34.1 Å². The normalized spacial score (nSPS) is 11.0. The highest BCUT2D eigenvalue weighted by atomic mass is 16.2. The standard InChI is InChI=1S/C17H21N3O/c1-5-15-8-6-7-9-17(15)20-12(2)10-16(13(20)3)11-18-19-14(4)21/h6-11H,5H2,1-4H3,(H,19,21)/b18-11-. The molecule has 0 saturated carbocycles. The number of hydrogen-bond acceptors (Lipinski definition) is 2. The summed E-state index contributed by atoms with van der Waals surface area (Å²) in [6, 6.07) is 10.5. The number of para-hydroxylation sites is 1. The Morgan fingerprint density at radius 3 is 2.71 bits per heavy atom. The lowest BCUT2D eigenvalue weighted by Crippen LogP contribution is -2.12. The van der Waals surface area contributed by atoms with Gasteiger partial charge in [0.1, 0.15) is 0 Å². The maximum absolute atomic E-state index is 10.9. The number of hydrogen-bond donors (Lipinski definition) is 1. The Kier molecular flexibility index (Phi) is 4.58. The predicted molar refractivity (Wildman–Crippen MR) is 86.0 cm³/mol. The molecule has 0 aliphatic carbocycles. The van der Waals surface area contributed by atoms with Crippen LogP contribution >= 0.6 is 0 Å². The zero-order valence-corrected chi connectivity index (χ0v) is 13.0. The third-order valence-corrected chi connectivity index (χ3v) is 3.51. The van der Waals surface area contributed by atoms with Crippen molar-refractivity contribution < 1.29 is 4.79 Å². The zero-order valence-electron chi connectivity index (χ0n) is 13.0. The molecule has 0 fully saturated rings. The van der Waals surface area contributed by atoms with Crippen LogP contribution in [-0.4, -0.2) is 16.7 Å². The summed E-state index contributed by atoms with van der Waals surface area (Å²) in [7, 11) is 0. The molecule has 0 saturated heterocycles. The molecule has 1 aromatic heterocycles. The number of carbonyl (C=O) groups is 1. The number of nitrogens with zero attached hydrogens (tertiary/aromatic N) is 2. The van der Waals surface area contributed by atoms with Crippen molar-refractivity contribution in [3.8, 4) is 5.69 Å². The van der Waals surface area contributed by atoms with E-state index in [4.69, 9.17) is 0 Å². The maximum Gasteiger partial charge on any atom is 0.236 e. The molecule has 0 spiro atoms. The smallest absolute Gasteiger partial charge is 0.236 e. The van der Waals surface area contributed by atoms with Gasteiger partial charge in [-0.3, -0.25) is 4.79 Å². The van der Waals surface area contributed by atoms with Gasteiger partial charge in [0.05, 0.1) is 6.21 Å². The lowest BCUT2D eigenvalue weighted by molar-refractivity contribution is -0.118. The topological polar surface area (TPSA) is 46.4 Å². The Morgan fingerprint density at radius 1 is 1.33 bits per heavy atom. The molecular weight excluding hydrogens is 262 g/mol. The van der Waals surface area contributed by atoms with Crippen LogP contribution in [0.15, 0.2) is 35.4 Å². The van der Waals surface area contributed by atoms with Crippen LogP contribution in [0, 0.1) is 13.8 Å². The first-order valence-electron chi connectivity index (χ1n) is 7.11. The molecule has 21 heavy (non-hydrogen) atoms. The van der Waals surface area contributed by atoms with Crippen molar-refractivity contribution in [1.82, 2.24) is 9.99 Å². The van der Waals surface area contributed by atoms with E-state index in [1.807, 2.05) is 0 Å². The number of carbonyl (C=O) groups excluding carboxylic acids is 1. The molecule has 0 radical (unpaired) electrons. The van der Waals surface area contributed by atoms with Crippen molar-refractivity contribution in [1.29, 1.82) is 0 Å². The van der Waals surface area contributed by atoms with Gasteiger partial charge in [-0.05, 0) is 38.0 Å². The first-order valence-corrected chi connectivity index (χ1v) is 7.11. The number of rotatable bonds is 4. The van der Waals surface area contributed by atoms with E-state index in [-0.39, 0.29) is 5.91 Å². The molecule has 0 atom stereocenters. The van der Waals surface area contributed by atoms with Crippen molar-refractivity contribution in [3.63, 3.8) is 0 Å². The molecular formula is C17H21N3O. The molecule has 0 unspecified atom stereocenters. The van der Waals surface area contributed by atoms with Crippen molar-refractivity contribution in [3.05, 3.63) is 52.8 Å². The molecule has 2 aromatic rings. The number of aryl methyl sites for hydroxylation is 2. The average Bonchev–Trinajstić information content (AvgIpc) is 2.73. The van der Waals surface area contributed by atoms with Crippen LogP contribution in [0.5, 0.6) is 0 Å². The third-order valence-electron chi connectivity index (χ3n) is 3.51. The lowest BCUT2D eigenvalue weighted by atomic mass is 10.1. The molecule has 0 aliphatic rings. The first kappa shape index (κ1) is 15.0. The summed E-state index contributed by atoms with van der Waals surface area (Å²) in [5.74, 6) is -0.170. The monoisotopic (exact) mass is 283 g/mol. The van der Waals surface area contributed by atoms with E-state index in [1.54, 1.807) is 6.21 Å². The van der Waals surface area contributed by atoms with E-state index >= 15 is 0 Å². The number of aromatic nitrogens is 1. The van der Waals surface area contributed by atoms with Crippen molar-refractivity contribution in [2.75, 3.05) is 0 Å². The Balaban J connectivity index is 2.44. The fourth-order valence-corrected chi connectivity index (χ4v) is 2.51. The summed E-state index contributed by atoms with van der Waals surface area (Å²) in [5.41, 5.74) is 8.22. The van der Waals surface area contributed by atoms with Gasteiger partial charge in [-0.1, -0.05) is 25.1 Å². The maximum atomic E-state index is 10.9. The molecule has 4 heteroatoms. The molecule has 0 aliphatic heterocycles. The second kappa shape index (κ2) is 6.39. The minimum absolute atomic E-state index is 0.170. The largest absolute Gasteiger partial charge is 0.318 e. The first-order chi connectivity index (χ1) is 10.0. The third kappa shape index (κ3) is 3.21. The summed E-state index contributed by atoms with van der Waals surface area (Å²) in [6.07, 6.45) is 2.68. The van der Waals surface area contributed by atoms with Crippen molar-refractivity contribution in [2.24, 2.45) is 5.10 Å². The fraction of sp³-hybridized carbons (Fsp3) is 0.294. The van der Waals surface area contributed by atoms with Crippen LogP contribution in [0.3, 0.4) is 0 Å². The van der Waals surface area contributed by atoms with Gasteiger partial charge in [0.15, 0.2) is 0 Å². The SMILES string of the molecule is CCc1ccccc1-n1c(C)cc(/C=N\NC(C)=O)c1C. The van der Waals surface area contributed by atoms with Gasteiger partial charge in [0.25, 0.3) is 0 Å². The molecule has 1 aromatic carbocycles. The summed E-state index contributed by atoms with van der Waals surface area (Å²) in [6.45, 7) is 7.74. The van der Waals surface area contributed by atoms with E-state index in [9.17, 15) is 4.79 Å². The Labute approximate surface area is 125 Å². The number of benzene rings is 1. The summed E-state index contributed by atoms with van der Waals surface area (Å²) in [4.78, 5) is 10.9. The van der Waals surface area contributed by atoms with Gasteiger partial charge in [-0.25, -0.2) is 5.43 Å². The quantitative estimate of drug-likeness (QED) is 0.680. The van der Waals surface area contributed by atoms with E-state index in [1.165, 1.54) is 18.2 Å². The van der Waals surface area contributed by atoms with Crippen LogP contribution in [-0.2, 0) is 11.2 Å². The molecule has 0 bridgehead atoms. The average molecular weight is 283 g/mol. The number of amides is 1. The van der Waals surface area contributed by atoms with Crippen LogP contribution < -0.4 is 5.43 Å². The molecule has 1 amide bonds. The highest BCUT2D eigenvalue weighted by Crippen LogP contribution is 2.23. The van der Waals surface area contributed by atoms with Crippen molar-refractivity contribution >= 4 is 12.1 Å². The number of nitrogens with one attached hydrogen (secondary N) is 1. The molecule has 2 rings (SSSR count). The van der Waals surface area contributed by atoms with E-state index in [0.717, 1.165) is 23.4 Å². The van der Waals surface area contributed by atoms with E-state index in [0.29, 0.717) is 0 Å². The second-order valence-corrected chi connectivity index (χ2v) is 5.07. The Bertz CT molecular complexity index is 683. The summed E-state index contributed by atoms with van der Waals surface area (Å²) in [5, 5.41) is 3.95. The second-order valence-electron chi connectivity index (χ2n) is 5.07. The molecule has 4 nitrogen and oxygen atoms in total. The highest BCUT2D eigenvalue weighted by Gasteiger charge is 2.11. The summed E-state index contributed by atoms with van der Waals surface area (Å²) < 4.78 is 2.23. The van der Waals surface area contributed by atoms with Gasteiger partial charge in [0.2, 0.25) is 5.91 Å². The van der Waals surface area contributed by atoms with E-state index < -0.39 is 0 Å². The molecule has 1 N–H and O–H groups in total. The fourth-order valence-electron chi connectivity index (χ4n) is 2.51.